The van der Waals surface area contributed by atoms with E-state index < -0.39 is 0 Å². The molecule has 1 saturated heterocycles. The van der Waals surface area contributed by atoms with Crippen molar-refractivity contribution in [3.8, 4) is 0 Å². The molecule has 0 amide bonds. The maximum absolute atomic E-state index is 8.94. The molecule has 2 N–H and O–H groups in total. The van der Waals surface area contributed by atoms with Crippen LogP contribution >= 0.6 is 0 Å². The number of ether oxygens (including phenoxy) is 1. The van der Waals surface area contributed by atoms with Crippen molar-refractivity contribution in [2.75, 3.05) is 46.1 Å². The van der Waals surface area contributed by atoms with E-state index in [1.165, 1.54) is 0 Å². The first-order valence-corrected chi connectivity index (χ1v) is 5.88. The lowest BCUT2D eigenvalue weighted by atomic mass is 9.99. The van der Waals surface area contributed by atoms with Gasteiger partial charge in [0, 0.05) is 39.5 Å². The summed E-state index contributed by atoms with van der Waals surface area (Å²) in [6.07, 6.45) is 3.05. The van der Waals surface area contributed by atoms with Gasteiger partial charge in [0.05, 0.1) is 6.61 Å². The van der Waals surface area contributed by atoms with Gasteiger partial charge in [-0.25, -0.2) is 0 Å². The van der Waals surface area contributed by atoms with E-state index in [-0.39, 0.29) is 13.2 Å². The van der Waals surface area contributed by atoms with E-state index in [4.69, 9.17) is 14.9 Å². The van der Waals surface area contributed by atoms with E-state index in [0.717, 1.165) is 52.1 Å². The third kappa shape index (κ3) is 5.47. The zero-order valence-corrected chi connectivity index (χ0v) is 9.40. The molecule has 1 fully saturated rings. The summed E-state index contributed by atoms with van der Waals surface area (Å²) < 4.78 is 5.31. The second kappa shape index (κ2) is 8.05. The molecule has 90 valence electrons. The summed E-state index contributed by atoms with van der Waals surface area (Å²) in [5.41, 5.74) is 0. The van der Waals surface area contributed by atoms with Gasteiger partial charge in [-0.05, 0) is 25.2 Å². The number of aliphatic hydroxyl groups is 2. The molecule has 0 saturated carbocycles. The van der Waals surface area contributed by atoms with E-state index in [9.17, 15) is 0 Å². The average Bonchev–Trinajstić information content (AvgIpc) is 2.28. The van der Waals surface area contributed by atoms with Crippen LogP contribution in [0.15, 0.2) is 0 Å². The Morgan fingerprint density at radius 2 is 1.80 bits per heavy atom. The van der Waals surface area contributed by atoms with Crippen molar-refractivity contribution in [3.63, 3.8) is 0 Å². The lowest BCUT2D eigenvalue weighted by Gasteiger charge is -2.29. The van der Waals surface area contributed by atoms with E-state index in [1.54, 1.807) is 0 Å². The molecule has 0 unspecified atom stereocenters. The van der Waals surface area contributed by atoms with Gasteiger partial charge < -0.3 is 19.8 Å². The first-order chi connectivity index (χ1) is 7.36. The van der Waals surface area contributed by atoms with Crippen molar-refractivity contribution in [3.05, 3.63) is 0 Å². The highest BCUT2D eigenvalue weighted by Gasteiger charge is 2.16. The molecule has 1 rings (SSSR count). The van der Waals surface area contributed by atoms with Crippen LogP contribution in [0.1, 0.15) is 19.3 Å². The fourth-order valence-corrected chi connectivity index (χ4v) is 2.02. The Labute approximate surface area is 91.8 Å². The van der Waals surface area contributed by atoms with Crippen molar-refractivity contribution in [2.24, 2.45) is 5.92 Å². The summed E-state index contributed by atoms with van der Waals surface area (Å²) in [7, 11) is 0. The maximum Gasteiger partial charge on any atom is 0.0558 e. The summed E-state index contributed by atoms with van der Waals surface area (Å²) >= 11 is 0. The summed E-state index contributed by atoms with van der Waals surface area (Å²) in [5.74, 6) is 0.698. The Kier molecular flexibility index (Phi) is 6.92. The predicted octanol–water partition coefficient (Wildman–Crippen LogP) is 0.0897. The number of hydrogen-bond acceptors (Lipinski definition) is 4. The molecule has 4 nitrogen and oxygen atoms in total. The maximum atomic E-state index is 8.94. The van der Waals surface area contributed by atoms with Crippen molar-refractivity contribution < 1.29 is 14.9 Å². The van der Waals surface area contributed by atoms with Gasteiger partial charge in [0.2, 0.25) is 0 Å². The molecular weight excluding hydrogens is 194 g/mol. The molecule has 4 heteroatoms. The lowest BCUT2D eigenvalue weighted by molar-refractivity contribution is 0.0489. The first-order valence-electron chi connectivity index (χ1n) is 5.88. The Morgan fingerprint density at radius 3 is 2.40 bits per heavy atom. The minimum Gasteiger partial charge on any atom is -0.396 e. The van der Waals surface area contributed by atoms with Gasteiger partial charge in [-0.1, -0.05) is 0 Å². The molecule has 0 spiro atoms. The van der Waals surface area contributed by atoms with Crippen LogP contribution < -0.4 is 0 Å². The molecule has 1 aliphatic rings. The summed E-state index contributed by atoms with van der Waals surface area (Å²) in [5, 5.41) is 17.7. The Balaban J connectivity index is 2.21. The van der Waals surface area contributed by atoms with E-state index in [1.807, 2.05) is 0 Å². The standard InChI is InChI=1S/C11H23NO3/c13-6-1-4-12(5-7-14)10-11-2-8-15-9-3-11/h11,13-14H,1-10H2. The van der Waals surface area contributed by atoms with E-state index in [2.05, 4.69) is 4.90 Å². The SMILES string of the molecule is OCCCN(CCO)CC1CCOCC1. The first kappa shape index (κ1) is 12.9. The third-order valence-electron chi connectivity index (χ3n) is 2.91. The van der Waals surface area contributed by atoms with Gasteiger partial charge in [-0.3, -0.25) is 0 Å². The molecule has 0 atom stereocenters. The van der Waals surface area contributed by atoms with Crippen LogP contribution in [0.5, 0.6) is 0 Å². The predicted molar refractivity (Wildman–Crippen MR) is 58.8 cm³/mol. The zero-order chi connectivity index (χ0) is 10.9. The molecule has 0 aromatic rings. The smallest absolute Gasteiger partial charge is 0.0558 e. The highest BCUT2D eigenvalue weighted by molar-refractivity contribution is 4.69. The Hall–Kier alpha value is -0.160. The zero-order valence-electron chi connectivity index (χ0n) is 9.40. The van der Waals surface area contributed by atoms with Crippen LogP contribution in [0.25, 0.3) is 0 Å². The molecule has 0 aromatic heterocycles. The topological polar surface area (TPSA) is 52.9 Å². The molecule has 15 heavy (non-hydrogen) atoms. The third-order valence-corrected chi connectivity index (χ3v) is 2.91. The van der Waals surface area contributed by atoms with Crippen LogP contribution in [0.2, 0.25) is 0 Å². The van der Waals surface area contributed by atoms with Crippen LogP contribution in [-0.4, -0.2) is 61.2 Å². The number of hydrogen-bond donors (Lipinski definition) is 2. The molecule has 0 bridgehead atoms. The van der Waals surface area contributed by atoms with Crippen molar-refractivity contribution in [1.29, 1.82) is 0 Å². The number of aliphatic hydroxyl groups excluding tert-OH is 2. The summed E-state index contributed by atoms with van der Waals surface area (Å²) in [6.45, 7) is 4.81. The van der Waals surface area contributed by atoms with Crippen molar-refractivity contribution in [1.82, 2.24) is 4.90 Å². The van der Waals surface area contributed by atoms with Gasteiger partial charge in [-0.15, -0.1) is 0 Å². The minimum atomic E-state index is 0.203. The average molecular weight is 217 g/mol. The van der Waals surface area contributed by atoms with E-state index in [0.29, 0.717) is 5.92 Å². The summed E-state index contributed by atoms with van der Waals surface area (Å²) in [4.78, 5) is 2.24. The minimum absolute atomic E-state index is 0.203. The van der Waals surface area contributed by atoms with E-state index >= 15 is 0 Å². The number of rotatable bonds is 7. The second-order valence-corrected chi connectivity index (χ2v) is 4.16. The van der Waals surface area contributed by atoms with Crippen LogP contribution in [0.4, 0.5) is 0 Å². The molecule has 0 aliphatic carbocycles. The van der Waals surface area contributed by atoms with Crippen molar-refractivity contribution in [2.45, 2.75) is 19.3 Å². The Morgan fingerprint density at radius 1 is 1.07 bits per heavy atom. The normalized spacial score (nSPS) is 18.6. The monoisotopic (exact) mass is 217 g/mol. The molecule has 1 aliphatic heterocycles. The second-order valence-electron chi connectivity index (χ2n) is 4.16. The summed E-state index contributed by atoms with van der Waals surface area (Å²) in [6, 6.07) is 0. The van der Waals surface area contributed by atoms with Gasteiger partial charge in [0.15, 0.2) is 0 Å². The van der Waals surface area contributed by atoms with Crippen molar-refractivity contribution >= 4 is 0 Å². The highest BCUT2D eigenvalue weighted by atomic mass is 16.5. The highest BCUT2D eigenvalue weighted by Crippen LogP contribution is 2.16. The number of nitrogens with zero attached hydrogens (tertiary/aromatic N) is 1. The van der Waals surface area contributed by atoms with Gasteiger partial charge >= 0.3 is 0 Å². The fraction of sp³-hybridized carbons (Fsp3) is 1.00. The fourth-order valence-electron chi connectivity index (χ4n) is 2.02. The largest absolute Gasteiger partial charge is 0.396 e. The molecule has 1 heterocycles. The van der Waals surface area contributed by atoms with Gasteiger partial charge in [0.1, 0.15) is 0 Å². The van der Waals surface area contributed by atoms with Gasteiger partial charge in [-0.2, -0.15) is 0 Å². The van der Waals surface area contributed by atoms with Crippen LogP contribution in [-0.2, 0) is 4.74 Å². The molecular formula is C11H23NO3. The Bertz CT molecular complexity index is 149. The quantitative estimate of drug-likeness (QED) is 0.634. The molecule has 0 aromatic carbocycles. The van der Waals surface area contributed by atoms with Crippen LogP contribution in [0, 0.1) is 5.92 Å². The van der Waals surface area contributed by atoms with Crippen LogP contribution in [0.3, 0.4) is 0 Å². The van der Waals surface area contributed by atoms with Gasteiger partial charge in [0.25, 0.3) is 0 Å². The lowest BCUT2D eigenvalue weighted by Crippen LogP contribution is -2.35. The molecule has 0 radical (unpaired) electrons.